The number of hydrogen-bond donors (Lipinski definition) is 0. The van der Waals surface area contributed by atoms with Gasteiger partial charge in [0.05, 0.1) is 0 Å². The van der Waals surface area contributed by atoms with Crippen molar-refractivity contribution in [2.45, 2.75) is 0 Å². The zero-order valence-electron chi connectivity index (χ0n) is 36.4. The summed E-state index contributed by atoms with van der Waals surface area (Å²) in [6.07, 6.45) is 0. The first-order chi connectivity index (χ1) is 32.2. The van der Waals surface area contributed by atoms with E-state index >= 15 is 0 Å². The molecule has 1 nitrogen and oxygen atoms in total. The fourth-order valence-electron chi connectivity index (χ4n) is 9.63. The van der Waals surface area contributed by atoms with Crippen molar-refractivity contribution < 1.29 is 4.42 Å². The van der Waals surface area contributed by atoms with Crippen LogP contribution in [0, 0.1) is 0 Å². The van der Waals surface area contributed by atoms with E-state index in [2.05, 4.69) is 0 Å². The highest BCUT2D eigenvalue weighted by Crippen LogP contribution is 2.43. The molecule has 52 radical (unpaired) electrons. The summed E-state index contributed by atoms with van der Waals surface area (Å²) in [5.74, 6) is 0. The second-order valence-electron chi connectivity index (χ2n) is 16.8. The minimum Gasteiger partial charge on any atom is -0.456 e. The number of furan rings is 1. The van der Waals surface area contributed by atoms with Crippen LogP contribution >= 0.6 is 0 Å². The predicted octanol–water partition coefficient (Wildman–Crippen LogP) is -19.3. The molecule has 0 bridgehead atoms. The lowest BCUT2D eigenvalue weighted by molar-refractivity contribution is 0.673. The van der Waals surface area contributed by atoms with E-state index in [9.17, 15) is 0 Å². The van der Waals surface area contributed by atoms with Gasteiger partial charge in [0.2, 0.25) is 0 Å². The Morgan fingerprint density at radius 2 is 0.348 bits per heavy atom. The minimum atomic E-state index is -0.259. The van der Waals surface area contributed by atoms with Crippen molar-refractivity contribution in [3.63, 3.8) is 0 Å². The van der Waals surface area contributed by atoms with E-state index in [1.54, 1.807) is 0 Å². The van der Waals surface area contributed by atoms with E-state index in [4.69, 9.17) is 208 Å². The minimum absolute atomic E-state index is 0.0129. The molecule has 1 heterocycles. The van der Waals surface area contributed by atoms with Crippen LogP contribution in [0.5, 0.6) is 0 Å². The molecular formula is C42B26O. The molecule has 27 heteroatoms. The standard InChI is InChI=1S/C42B26O/c43-15-9(22(50)23(51)11-10(15)24(52)36(64)37(65)25(11)53)2-6-3(16(44)30(58)33(61)19(6)47)1(4-7(2)20(48)34(62)31(59)17(4)45)5-8(21(49)35(63)32(60)18(5)46)12-26(54)29(57)27(55)13-14-28(56)38(66)39(67)40(68)42(14)69-41(12)13. The first-order valence-electron chi connectivity index (χ1n) is 20.2. The van der Waals surface area contributed by atoms with Gasteiger partial charge in [0.15, 0.2) is 0 Å². The van der Waals surface area contributed by atoms with E-state index < -0.39 is 0 Å². The van der Waals surface area contributed by atoms with Gasteiger partial charge in [-0.1, -0.05) is 81.9 Å². The van der Waals surface area contributed by atoms with Crippen LogP contribution in [-0.4, -0.2) is 204 Å². The van der Waals surface area contributed by atoms with Crippen molar-refractivity contribution in [2.24, 2.45) is 0 Å². The molecule has 0 spiro atoms. The quantitative estimate of drug-likeness (QED) is 0.128. The Morgan fingerprint density at radius 3 is 0.739 bits per heavy atom. The number of benzene rings is 8. The van der Waals surface area contributed by atoms with Crippen molar-refractivity contribution in [2.75, 3.05) is 0 Å². The van der Waals surface area contributed by atoms with Gasteiger partial charge in [0, 0.05) is 16.3 Å². The average Bonchev–Trinajstić information content (AvgIpc) is 3.72. The van der Waals surface area contributed by atoms with Crippen molar-refractivity contribution >= 4 is 400 Å². The topological polar surface area (TPSA) is 13.1 Å². The molecule has 0 atom stereocenters. The number of rotatable bonds is 3. The Morgan fingerprint density at radius 1 is 0.130 bits per heavy atom. The third kappa shape index (κ3) is 6.41. The summed E-state index contributed by atoms with van der Waals surface area (Å²) in [6, 6.07) is 0. The maximum atomic E-state index is 7.16. The predicted molar refractivity (Wildman–Crippen MR) is 323 cm³/mol. The van der Waals surface area contributed by atoms with E-state index in [-0.39, 0.29) is 230 Å². The van der Waals surface area contributed by atoms with Crippen LogP contribution in [0.2, 0.25) is 0 Å². The van der Waals surface area contributed by atoms with E-state index in [1.807, 2.05) is 0 Å². The maximum absolute atomic E-state index is 7.16. The molecule has 69 heavy (non-hydrogen) atoms. The highest BCUT2D eigenvalue weighted by atomic mass is 16.3. The van der Waals surface area contributed by atoms with E-state index in [0.717, 1.165) is 0 Å². The molecule has 252 valence electrons. The Balaban J connectivity index is 1.66. The van der Waals surface area contributed by atoms with Crippen LogP contribution in [0.4, 0.5) is 0 Å². The van der Waals surface area contributed by atoms with Crippen LogP contribution in [0.1, 0.15) is 0 Å². The highest BCUT2D eigenvalue weighted by molar-refractivity contribution is 6.77. The molecule has 9 rings (SSSR count). The molecule has 9 aromatic rings. The molecule has 0 saturated heterocycles. The van der Waals surface area contributed by atoms with Crippen molar-refractivity contribution in [3.05, 3.63) is 0 Å². The average molecular weight is 802 g/mol. The second kappa shape index (κ2) is 16.8. The van der Waals surface area contributed by atoms with Gasteiger partial charge in [-0.05, 0) is 60.1 Å². The molecule has 0 saturated carbocycles. The molecule has 0 amide bonds. The van der Waals surface area contributed by atoms with E-state index in [1.165, 1.54) is 0 Å². The largest absolute Gasteiger partial charge is 0.456 e. The van der Waals surface area contributed by atoms with Crippen LogP contribution in [0.15, 0.2) is 4.42 Å². The molecular weight excluding hydrogens is 802 g/mol. The van der Waals surface area contributed by atoms with Gasteiger partial charge in [-0.2, -0.15) is 0 Å². The maximum Gasteiger partial charge on any atom is 0.141 e. The molecule has 0 aliphatic rings. The van der Waals surface area contributed by atoms with Crippen molar-refractivity contribution in [1.82, 2.24) is 0 Å². The monoisotopic (exact) mass is 806 g/mol. The molecule has 0 unspecified atom stereocenters. The zero-order valence-corrected chi connectivity index (χ0v) is 36.4. The van der Waals surface area contributed by atoms with Gasteiger partial charge in [-0.3, -0.25) is 0 Å². The summed E-state index contributed by atoms with van der Waals surface area (Å²) in [4.78, 5) is 0. The molecule has 0 aliphatic carbocycles. The molecule has 1 aromatic heterocycles. The van der Waals surface area contributed by atoms with Gasteiger partial charge < -0.3 is 4.42 Å². The second-order valence-corrected chi connectivity index (χ2v) is 16.8. The smallest absolute Gasteiger partial charge is 0.141 e. The summed E-state index contributed by atoms with van der Waals surface area (Å²) in [5, 5.41) is 0.204. The Kier molecular flexibility index (Phi) is 12.2. The SMILES string of the molecule is [B]c1c([B])c([B])c(-c2c3c([B])c([B])c([B])c([B])c3c(-c3c([B])c([B])c4c([B])c([B])c([B])c([B])c4c3[B])c3c([B])c([B])c([B])c([B])c23)c(-c2c([B])c([B])c([B])c3c2oc2c([B])c([B])c([B])c([B])c23)c1[B]. The summed E-state index contributed by atoms with van der Waals surface area (Å²) >= 11 is 0. The highest BCUT2D eigenvalue weighted by Gasteiger charge is 2.32. The number of hydrogen-bond acceptors (Lipinski definition) is 1. The normalized spacial score (nSPS) is 11.8. The van der Waals surface area contributed by atoms with Crippen LogP contribution in [0.25, 0.3) is 87.6 Å². The summed E-state index contributed by atoms with van der Waals surface area (Å²) in [7, 11) is 176. The Hall–Kier alpha value is -3.97. The van der Waals surface area contributed by atoms with Gasteiger partial charge in [-0.15, -0.1) is 60.1 Å². The van der Waals surface area contributed by atoms with Crippen LogP contribution in [-0.2, 0) is 0 Å². The third-order valence-corrected chi connectivity index (χ3v) is 13.4. The lowest BCUT2D eigenvalue weighted by Gasteiger charge is -2.33. The van der Waals surface area contributed by atoms with Gasteiger partial charge in [0.25, 0.3) is 0 Å². The molecule has 0 aliphatic heterocycles. The summed E-state index contributed by atoms with van der Waals surface area (Å²) in [6.45, 7) is 0. The van der Waals surface area contributed by atoms with Crippen LogP contribution in [0.3, 0.4) is 0 Å². The molecule has 0 N–H and O–H groups in total. The fourth-order valence-corrected chi connectivity index (χ4v) is 9.63. The fraction of sp³-hybridized carbons (Fsp3) is 0. The first kappa shape index (κ1) is 50.0. The number of fused-ring (bicyclic) bond motifs is 6. The van der Waals surface area contributed by atoms with Crippen LogP contribution < -0.4 is 142 Å². The third-order valence-electron chi connectivity index (χ3n) is 13.4. The van der Waals surface area contributed by atoms with Gasteiger partial charge in [0.1, 0.15) is 215 Å². The summed E-state index contributed by atoms with van der Waals surface area (Å²) in [5.41, 5.74) is -4.81. The Labute approximate surface area is 435 Å². The van der Waals surface area contributed by atoms with Gasteiger partial charge >= 0.3 is 0 Å². The molecule has 0 fully saturated rings. The molecule has 8 aromatic carbocycles. The van der Waals surface area contributed by atoms with Gasteiger partial charge in [-0.25, -0.2) is 0 Å². The lowest BCUT2D eigenvalue weighted by Crippen LogP contribution is -2.53. The van der Waals surface area contributed by atoms with Crippen molar-refractivity contribution in [1.29, 1.82) is 0 Å². The first-order valence-corrected chi connectivity index (χ1v) is 20.2. The van der Waals surface area contributed by atoms with E-state index in [0.29, 0.717) is 0 Å². The Bertz CT molecular complexity index is 3890. The van der Waals surface area contributed by atoms with Crippen molar-refractivity contribution in [3.8, 4) is 33.4 Å². The zero-order chi connectivity index (χ0) is 51.0. The summed E-state index contributed by atoms with van der Waals surface area (Å²) < 4.78 is 6.51. The lowest BCUT2D eigenvalue weighted by atomic mass is 9.55.